The van der Waals surface area contributed by atoms with Crippen LogP contribution >= 0.6 is 12.2 Å². The average molecular weight is 382 g/mol. The molecule has 27 heavy (non-hydrogen) atoms. The van der Waals surface area contributed by atoms with E-state index in [4.69, 9.17) is 22.1 Å². The summed E-state index contributed by atoms with van der Waals surface area (Å²) in [5.74, 6) is 0.826. The van der Waals surface area contributed by atoms with Crippen molar-refractivity contribution in [3.8, 4) is 17.1 Å². The Bertz CT molecular complexity index is 964. The van der Waals surface area contributed by atoms with E-state index >= 15 is 0 Å². The van der Waals surface area contributed by atoms with Crippen LogP contribution in [0, 0.1) is 11.7 Å². The fourth-order valence-corrected chi connectivity index (χ4v) is 3.61. The summed E-state index contributed by atoms with van der Waals surface area (Å²) in [5.41, 5.74) is 3.22. The van der Waals surface area contributed by atoms with Gasteiger partial charge in [0, 0.05) is 36.7 Å². The Morgan fingerprint density at radius 1 is 1.15 bits per heavy atom. The summed E-state index contributed by atoms with van der Waals surface area (Å²) in [5, 5.41) is 4.86. The van der Waals surface area contributed by atoms with Gasteiger partial charge in [0.1, 0.15) is 0 Å². The molecule has 1 aromatic carbocycles. The summed E-state index contributed by atoms with van der Waals surface area (Å²) >= 11 is 5.82. The Morgan fingerprint density at radius 3 is 2.59 bits per heavy atom. The summed E-state index contributed by atoms with van der Waals surface area (Å²) in [6, 6.07) is 12.3. The van der Waals surface area contributed by atoms with Gasteiger partial charge < -0.3 is 4.74 Å². The number of rotatable bonds is 4. The molecule has 1 saturated heterocycles. The standard InChI is InChI=1S/C20H23N5OS/c1-15-3-5-18(6-4-15)25-19(17-7-9-21-10-8-17)22-24(20(25)27)14-23-11-12-26-16(2)13-23/h3-10,16H,11-14H2,1-2H3. The Hall–Kier alpha value is -2.35. The van der Waals surface area contributed by atoms with Gasteiger partial charge in [-0.15, -0.1) is 5.10 Å². The van der Waals surface area contributed by atoms with Gasteiger partial charge in [0.2, 0.25) is 4.77 Å². The van der Waals surface area contributed by atoms with Crippen LogP contribution in [0.3, 0.4) is 0 Å². The largest absolute Gasteiger partial charge is 0.376 e. The fraction of sp³-hybridized carbons (Fsp3) is 0.350. The lowest BCUT2D eigenvalue weighted by Crippen LogP contribution is -2.42. The average Bonchev–Trinajstić information content (AvgIpc) is 3.00. The number of nitrogens with zero attached hydrogens (tertiary/aromatic N) is 5. The minimum Gasteiger partial charge on any atom is -0.376 e. The third kappa shape index (κ3) is 3.85. The molecule has 0 radical (unpaired) electrons. The maximum atomic E-state index is 5.82. The lowest BCUT2D eigenvalue weighted by atomic mass is 10.2. The van der Waals surface area contributed by atoms with Gasteiger partial charge in [-0.2, -0.15) is 0 Å². The van der Waals surface area contributed by atoms with Crippen molar-refractivity contribution in [2.75, 3.05) is 19.7 Å². The van der Waals surface area contributed by atoms with Crippen LogP contribution < -0.4 is 0 Å². The second-order valence-corrected chi connectivity index (χ2v) is 7.28. The highest BCUT2D eigenvalue weighted by Gasteiger charge is 2.20. The number of hydrogen-bond donors (Lipinski definition) is 0. The molecule has 3 heterocycles. The lowest BCUT2D eigenvalue weighted by Gasteiger charge is -2.30. The quantitative estimate of drug-likeness (QED) is 0.648. The van der Waals surface area contributed by atoms with E-state index in [0.717, 1.165) is 36.8 Å². The summed E-state index contributed by atoms with van der Waals surface area (Å²) in [6.07, 6.45) is 3.79. The van der Waals surface area contributed by atoms with E-state index in [-0.39, 0.29) is 6.10 Å². The predicted molar refractivity (Wildman–Crippen MR) is 107 cm³/mol. The number of benzene rings is 1. The summed E-state index contributed by atoms with van der Waals surface area (Å²) in [4.78, 5) is 6.45. The first-order valence-corrected chi connectivity index (χ1v) is 9.54. The van der Waals surface area contributed by atoms with Gasteiger partial charge in [-0.05, 0) is 50.3 Å². The van der Waals surface area contributed by atoms with Crippen LogP contribution in [-0.4, -0.2) is 50.0 Å². The van der Waals surface area contributed by atoms with E-state index in [0.29, 0.717) is 11.4 Å². The third-order valence-corrected chi connectivity index (χ3v) is 5.12. The molecule has 0 bridgehead atoms. The summed E-state index contributed by atoms with van der Waals surface area (Å²) in [7, 11) is 0. The molecule has 1 unspecified atom stereocenters. The third-order valence-electron chi connectivity index (χ3n) is 4.73. The minimum absolute atomic E-state index is 0.228. The molecule has 1 atom stereocenters. The van der Waals surface area contributed by atoms with Crippen LogP contribution in [0.5, 0.6) is 0 Å². The van der Waals surface area contributed by atoms with Crippen molar-refractivity contribution in [3.63, 3.8) is 0 Å². The number of aromatic nitrogens is 4. The first-order valence-electron chi connectivity index (χ1n) is 9.13. The zero-order valence-electron chi connectivity index (χ0n) is 15.6. The topological polar surface area (TPSA) is 48.1 Å². The molecule has 4 rings (SSSR count). The van der Waals surface area contributed by atoms with Crippen LogP contribution in [0.4, 0.5) is 0 Å². The van der Waals surface area contributed by atoms with Crippen LogP contribution in [0.2, 0.25) is 0 Å². The first-order chi connectivity index (χ1) is 13.1. The molecular formula is C20H23N5OS. The zero-order chi connectivity index (χ0) is 18.8. The Morgan fingerprint density at radius 2 is 1.89 bits per heavy atom. The molecule has 3 aromatic rings. The van der Waals surface area contributed by atoms with Crippen LogP contribution in [0.1, 0.15) is 12.5 Å². The summed E-state index contributed by atoms with van der Waals surface area (Å²) < 4.78 is 10.3. The van der Waals surface area contributed by atoms with Crippen molar-refractivity contribution in [1.82, 2.24) is 24.2 Å². The molecule has 6 nitrogen and oxygen atoms in total. The van der Waals surface area contributed by atoms with Gasteiger partial charge in [0.15, 0.2) is 5.82 Å². The number of pyridine rings is 1. The van der Waals surface area contributed by atoms with E-state index in [2.05, 4.69) is 48.0 Å². The maximum Gasteiger partial charge on any atom is 0.204 e. The molecule has 0 saturated carbocycles. The van der Waals surface area contributed by atoms with Crippen molar-refractivity contribution < 1.29 is 4.74 Å². The van der Waals surface area contributed by atoms with Gasteiger partial charge in [0.05, 0.1) is 19.4 Å². The highest BCUT2D eigenvalue weighted by Crippen LogP contribution is 2.23. The molecule has 1 aliphatic heterocycles. The molecule has 0 aliphatic carbocycles. The van der Waals surface area contributed by atoms with E-state index < -0.39 is 0 Å². The van der Waals surface area contributed by atoms with E-state index in [1.165, 1.54) is 5.56 Å². The second kappa shape index (κ2) is 7.72. The van der Waals surface area contributed by atoms with E-state index in [9.17, 15) is 0 Å². The van der Waals surface area contributed by atoms with Crippen molar-refractivity contribution in [2.45, 2.75) is 26.6 Å². The number of morpholine rings is 1. The van der Waals surface area contributed by atoms with Crippen LogP contribution in [-0.2, 0) is 11.4 Å². The highest BCUT2D eigenvalue weighted by atomic mass is 32.1. The fourth-order valence-electron chi connectivity index (χ4n) is 3.32. The van der Waals surface area contributed by atoms with Crippen LogP contribution in [0.25, 0.3) is 17.1 Å². The van der Waals surface area contributed by atoms with E-state index in [1.807, 2.05) is 21.4 Å². The van der Waals surface area contributed by atoms with Crippen molar-refractivity contribution in [3.05, 3.63) is 59.1 Å². The number of aryl methyl sites for hydroxylation is 1. The Balaban J connectivity index is 1.77. The number of hydrogen-bond acceptors (Lipinski definition) is 5. The smallest absolute Gasteiger partial charge is 0.204 e. The van der Waals surface area contributed by atoms with E-state index in [1.54, 1.807) is 12.4 Å². The molecular weight excluding hydrogens is 358 g/mol. The van der Waals surface area contributed by atoms with Crippen molar-refractivity contribution in [1.29, 1.82) is 0 Å². The SMILES string of the molecule is Cc1ccc(-n2c(-c3ccncc3)nn(CN3CCOC(C)C3)c2=S)cc1. The second-order valence-electron chi connectivity index (χ2n) is 6.91. The maximum absolute atomic E-state index is 5.82. The van der Waals surface area contributed by atoms with Crippen molar-refractivity contribution in [2.24, 2.45) is 0 Å². The molecule has 140 valence electrons. The van der Waals surface area contributed by atoms with Gasteiger partial charge >= 0.3 is 0 Å². The van der Waals surface area contributed by atoms with Gasteiger partial charge in [-0.25, -0.2) is 4.68 Å². The summed E-state index contributed by atoms with van der Waals surface area (Å²) in [6.45, 7) is 7.33. The molecule has 1 aliphatic rings. The van der Waals surface area contributed by atoms with Gasteiger partial charge in [0.25, 0.3) is 0 Å². The molecule has 1 fully saturated rings. The molecule has 0 spiro atoms. The first kappa shape index (κ1) is 18.0. The zero-order valence-corrected chi connectivity index (χ0v) is 16.4. The Labute approximate surface area is 164 Å². The van der Waals surface area contributed by atoms with Gasteiger partial charge in [-0.3, -0.25) is 14.5 Å². The molecule has 2 aromatic heterocycles. The van der Waals surface area contributed by atoms with Crippen LogP contribution in [0.15, 0.2) is 48.8 Å². The molecule has 0 N–H and O–H groups in total. The number of ether oxygens (including phenoxy) is 1. The van der Waals surface area contributed by atoms with Crippen molar-refractivity contribution >= 4 is 12.2 Å². The Kier molecular flexibility index (Phi) is 5.15. The molecule has 0 amide bonds. The normalized spacial score (nSPS) is 17.9. The monoisotopic (exact) mass is 381 g/mol. The highest BCUT2D eigenvalue weighted by molar-refractivity contribution is 7.71. The van der Waals surface area contributed by atoms with Gasteiger partial charge in [-0.1, -0.05) is 17.7 Å². The minimum atomic E-state index is 0.228. The lowest BCUT2D eigenvalue weighted by molar-refractivity contribution is -0.0306. The molecule has 7 heteroatoms. The predicted octanol–water partition coefficient (Wildman–Crippen LogP) is 3.45.